The summed E-state index contributed by atoms with van der Waals surface area (Å²) in [5, 5.41) is 0. The summed E-state index contributed by atoms with van der Waals surface area (Å²) in [6.07, 6.45) is 8.08. The highest BCUT2D eigenvalue weighted by molar-refractivity contribution is 5.59. The van der Waals surface area contributed by atoms with Crippen LogP contribution in [0, 0.1) is 6.92 Å². The lowest BCUT2D eigenvalue weighted by atomic mass is 10.1. The van der Waals surface area contributed by atoms with Gasteiger partial charge >= 0.3 is 0 Å². The van der Waals surface area contributed by atoms with Crippen LogP contribution in [0.25, 0.3) is 0 Å². The molecule has 0 radical (unpaired) electrons. The summed E-state index contributed by atoms with van der Waals surface area (Å²) in [6.45, 7) is 6.22. The van der Waals surface area contributed by atoms with Crippen molar-refractivity contribution < 1.29 is 9.47 Å². The van der Waals surface area contributed by atoms with E-state index in [1.807, 2.05) is 12.1 Å². The largest absolute Gasteiger partial charge is 0.489 e. The molecule has 0 unspecified atom stereocenters. The molecule has 0 aromatic carbocycles. The van der Waals surface area contributed by atoms with E-state index in [0.29, 0.717) is 5.88 Å². The Morgan fingerprint density at radius 2 is 1.59 bits per heavy atom. The summed E-state index contributed by atoms with van der Waals surface area (Å²) in [4.78, 5) is 18.1. The van der Waals surface area contributed by atoms with E-state index in [1.165, 1.54) is 18.4 Å². The first-order chi connectivity index (χ1) is 13.2. The van der Waals surface area contributed by atoms with Crippen molar-refractivity contribution in [2.24, 2.45) is 0 Å². The second kappa shape index (κ2) is 7.98. The van der Waals surface area contributed by atoms with Gasteiger partial charge in [-0.1, -0.05) is 0 Å². The molecule has 2 aromatic heterocycles. The van der Waals surface area contributed by atoms with Crippen LogP contribution in [-0.2, 0) is 0 Å². The smallest absolute Gasteiger partial charge is 0.213 e. The normalized spacial score (nSPS) is 18.0. The quantitative estimate of drug-likeness (QED) is 0.803. The highest BCUT2D eigenvalue weighted by atomic mass is 16.5. The first kappa shape index (κ1) is 17.8. The number of rotatable bonds is 5. The van der Waals surface area contributed by atoms with Gasteiger partial charge in [0.25, 0.3) is 0 Å². The van der Waals surface area contributed by atoms with Crippen molar-refractivity contribution >= 4 is 11.6 Å². The Morgan fingerprint density at radius 1 is 0.926 bits per heavy atom. The minimum absolute atomic E-state index is 0.205. The van der Waals surface area contributed by atoms with Crippen molar-refractivity contribution in [2.75, 3.05) is 43.1 Å². The molecule has 7 nitrogen and oxygen atoms in total. The van der Waals surface area contributed by atoms with E-state index in [1.54, 1.807) is 19.6 Å². The molecule has 0 spiro atoms. The molecule has 27 heavy (non-hydrogen) atoms. The molecule has 0 amide bonds. The number of methoxy groups -OCH3 is 1. The third-order valence-electron chi connectivity index (χ3n) is 5.40. The minimum atomic E-state index is 0.205. The number of hydrogen-bond acceptors (Lipinski definition) is 7. The molecular weight excluding hydrogens is 342 g/mol. The Kier molecular flexibility index (Phi) is 5.27. The molecule has 0 N–H and O–H groups in total. The zero-order valence-electron chi connectivity index (χ0n) is 16.1. The Morgan fingerprint density at radius 3 is 2.19 bits per heavy atom. The number of ether oxygens (including phenoxy) is 2. The van der Waals surface area contributed by atoms with Gasteiger partial charge in [0.1, 0.15) is 29.8 Å². The minimum Gasteiger partial charge on any atom is -0.489 e. The molecule has 2 aromatic rings. The molecule has 0 bridgehead atoms. The number of aromatic nitrogens is 3. The van der Waals surface area contributed by atoms with Crippen LogP contribution in [0.5, 0.6) is 11.6 Å². The first-order valence-corrected chi connectivity index (χ1v) is 9.73. The zero-order chi connectivity index (χ0) is 18.6. The zero-order valence-corrected chi connectivity index (χ0v) is 16.1. The van der Waals surface area contributed by atoms with E-state index >= 15 is 0 Å². The van der Waals surface area contributed by atoms with E-state index in [-0.39, 0.29) is 6.10 Å². The lowest BCUT2D eigenvalue weighted by Crippen LogP contribution is -2.39. The van der Waals surface area contributed by atoms with Gasteiger partial charge in [-0.25, -0.2) is 15.0 Å². The summed E-state index contributed by atoms with van der Waals surface area (Å²) < 4.78 is 11.2. The maximum atomic E-state index is 6.09. The van der Waals surface area contributed by atoms with Crippen LogP contribution >= 0.6 is 0 Å². The van der Waals surface area contributed by atoms with Crippen LogP contribution in [0.2, 0.25) is 0 Å². The third-order valence-corrected chi connectivity index (χ3v) is 5.40. The van der Waals surface area contributed by atoms with Gasteiger partial charge in [0, 0.05) is 50.7 Å². The molecule has 0 aliphatic carbocycles. The number of piperidine rings is 1. The lowest BCUT2D eigenvalue weighted by Gasteiger charge is -2.34. The summed E-state index contributed by atoms with van der Waals surface area (Å²) in [5.74, 6) is 3.56. The number of pyridine rings is 1. The van der Waals surface area contributed by atoms with E-state index in [2.05, 4.69) is 31.7 Å². The van der Waals surface area contributed by atoms with Gasteiger partial charge in [-0.2, -0.15) is 0 Å². The van der Waals surface area contributed by atoms with E-state index in [0.717, 1.165) is 56.4 Å². The Hall–Kier alpha value is -2.57. The van der Waals surface area contributed by atoms with Gasteiger partial charge in [-0.15, -0.1) is 0 Å². The lowest BCUT2D eigenvalue weighted by molar-refractivity contribution is 0.169. The number of nitrogens with zero attached hydrogens (tertiary/aromatic N) is 5. The van der Waals surface area contributed by atoms with Crippen molar-refractivity contribution in [2.45, 2.75) is 38.7 Å². The average molecular weight is 369 g/mol. The maximum Gasteiger partial charge on any atom is 0.213 e. The Labute approximate surface area is 160 Å². The predicted octanol–water partition coefficient (Wildman–Crippen LogP) is 2.84. The molecule has 7 heteroatoms. The van der Waals surface area contributed by atoms with Gasteiger partial charge < -0.3 is 19.3 Å². The fraction of sp³-hybridized carbons (Fsp3) is 0.550. The van der Waals surface area contributed by atoms with Crippen molar-refractivity contribution in [1.29, 1.82) is 0 Å². The molecule has 144 valence electrons. The standard InChI is InChI=1S/C20H27N5O2/c1-15-19(24-9-3-4-10-24)22-14-23-20(15)25-11-7-16(8-12-25)27-17-5-6-18(26-2)21-13-17/h5-6,13-14,16H,3-4,7-12H2,1-2H3. The van der Waals surface area contributed by atoms with Crippen LogP contribution in [-0.4, -0.2) is 54.3 Å². The Balaban J connectivity index is 1.38. The van der Waals surface area contributed by atoms with Crippen molar-refractivity contribution in [3.63, 3.8) is 0 Å². The van der Waals surface area contributed by atoms with Crippen LogP contribution in [0.15, 0.2) is 24.7 Å². The molecule has 0 atom stereocenters. The van der Waals surface area contributed by atoms with Crippen molar-refractivity contribution in [3.05, 3.63) is 30.2 Å². The first-order valence-electron chi connectivity index (χ1n) is 9.73. The van der Waals surface area contributed by atoms with Gasteiger partial charge in [-0.3, -0.25) is 0 Å². The highest BCUT2D eigenvalue weighted by Crippen LogP contribution is 2.30. The molecular formula is C20H27N5O2. The monoisotopic (exact) mass is 369 g/mol. The van der Waals surface area contributed by atoms with Gasteiger partial charge in [0.2, 0.25) is 5.88 Å². The third kappa shape index (κ3) is 3.91. The highest BCUT2D eigenvalue weighted by Gasteiger charge is 2.25. The van der Waals surface area contributed by atoms with Crippen LogP contribution in [0.4, 0.5) is 11.6 Å². The molecule has 2 fully saturated rings. The number of hydrogen-bond donors (Lipinski definition) is 0. The van der Waals surface area contributed by atoms with E-state index in [4.69, 9.17) is 9.47 Å². The molecule has 2 aliphatic rings. The molecule has 2 aliphatic heterocycles. The summed E-state index contributed by atoms with van der Waals surface area (Å²) >= 11 is 0. The second-order valence-electron chi connectivity index (χ2n) is 7.18. The van der Waals surface area contributed by atoms with Gasteiger partial charge in [0.15, 0.2) is 0 Å². The average Bonchev–Trinajstić information content (AvgIpc) is 3.24. The topological polar surface area (TPSA) is 63.6 Å². The van der Waals surface area contributed by atoms with Crippen LogP contribution in [0.3, 0.4) is 0 Å². The second-order valence-corrected chi connectivity index (χ2v) is 7.18. The van der Waals surface area contributed by atoms with Crippen LogP contribution < -0.4 is 19.3 Å². The number of anilines is 2. The summed E-state index contributed by atoms with van der Waals surface area (Å²) in [5.41, 5.74) is 1.19. The SMILES string of the molecule is COc1ccc(OC2CCN(c3ncnc(N4CCCC4)c3C)CC2)cn1. The van der Waals surface area contributed by atoms with Crippen molar-refractivity contribution in [3.8, 4) is 11.6 Å². The van der Waals surface area contributed by atoms with E-state index < -0.39 is 0 Å². The molecule has 4 heterocycles. The maximum absolute atomic E-state index is 6.09. The summed E-state index contributed by atoms with van der Waals surface area (Å²) in [7, 11) is 1.61. The van der Waals surface area contributed by atoms with E-state index in [9.17, 15) is 0 Å². The van der Waals surface area contributed by atoms with Crippen molar-refractivity contribution in [1.82, 2.24) is 15.0 Å². The fourth-order valence-electron chi connectivity index (χ4n) is 3.93. The predicted molar refractivity (Wildman–Crippen MR) is 105 cm³/mol. The Bertz CT molecular complexity index is 753. The summed E-state index contributed by atoms with van der Waals surface area (Å²) in [6, 6.07) is 3.74. The molecule has 4 rings (SSSR count). The van der Waals surface area contributed by atoms with Crippen LogP contribution in [0.1, 0.15) is 31.2 Å². The van der Waals surface area contributed by atoms with Gasteiger partial charge in [0.05, 0.1) is 13.3 Å². The van der Waals surface area contributed by atoms with Gasteiger partial charge in [-0.05, 0) is 25.8 Å². The fourth-order valence-corrected chi connectivity index (χ4v) is 3.93. The molecule has 2 saturated heterocycles. The molecule has 0 saturated carbocycles.